The number of para-hydroxylation sites is 1. The number of aryl methyl sites for hydroxylation is 6. The van der Waals surface area contributed by atoms with Gasteiger partial charge in [-0.25, -0.2) is 0 Å². The molecular weight excluding hydrogens is 567 g/mol. The van der Waals surface area contributed by atoms with Crippen LogP contribution < -0.4 is 16.2 Å². The van der Waals surface area contributed by atoms with Crippen molar-refractivity contribution in [2.24, 2.45) is 0 Å². The van der Waals surface area contributed by atoms with Crippen molar-refractivity contribution in [1.82, 2.24) is 9.88 Å². The average Bonchev–Trinajstić information content (AvgIpc) is 3.48. The Morgan fingerprint density at radius 1 is 0.660 bits per heavy atom. The lowest BCUT2D eigenvalue weighted by Crippen LogP contribution is -2.54. The fraction of sp³-hybridized carbons (Fsp3) is 0.318. The normalized spacial score (nSPS) is 18.5. The minimum atomic E-state index is -0.0686. The Morgan fingerprint density at radius 3 is 1.87 bits per heavy atom. The minimum Gasteiger partial charge on any atom is -0.324 e. The van der Waals surface area contributed by atoms with E-state index in [4.69, 9.17) is 0 Å². The van der Waals surface area contributed by atoms with Crippen LogP contribution in [0.15, 0.2) is 84.9 Å². The van der Waals surface area contributed by atoms with Gasteiger partial charge in [0.05, 0.1) is 17.2 Å². The van der Waals surface area contributed by atoms with Gasteiger partial charge in [0.2, 0.25) is 6.71 Å². The summed E-state index contributed by atoms with van der Waals surface area (Å²) >= 11 is 0. The van der Waals surface area contributed by atoms with Crippen LogP contribution in [-0.4, -0.2) is 17.8 Å². The standard InChI is InChI=1S/C44H47BN2/c1-26-21-28(3)41(29(4)22-26)45(42-30(5)23-27(2)24-31(42)6)32-17-20-39(46-25-32)47-38-16-12-10-14-34(38)36-19-18-35-33-13-9-11-15-37(33)44(7,8)40(35)43(36)47/h9-16,18-19,21-24,32,39,46H,17,20,25H2,1-8H3. The zero-order valence-electron chi connectivity index (χ0n) is 29.4. The number of benzene rings is 5. The van der Waals surface area contributed by atoms with Crippen LogP contribution in [0.2, 0.25) is 5.82 Å². The summed E-state index contributed by atoms with van der Waals surface area (Å²) in [5.41, 5.74) is 19.8. The van der Waals surface area contributed by atoms with Gasteiger partial charge in [0.25, 0.3) is 0 Å². The molecule has 0 saturated carbocycles. The molecule has 2 nitrogen and oxygen atoms in total. The van der Waals surface area contributed by atoms with E-state index in [0.29, 0.717) is 12.5 Å². The van der Waals surface area contributed by atoms with Crippen LogP contribution in [-0.2, 0) is 5.41 Å². The number of nitrogens with zero attached hydrogens (tertiary/aromatic N) is 1. The molecule has 6 aromatic rings. The van der Waals surface area contributed by atoms with Gasteiger partial charge in [-0.1, -0.05) is 143 Å². The maximum Gasteiger partial charge on any atom is 0.215 e. The van der Waals surface area contributed by atoms with Crippen molar-refractivity contribution in [2.45, 2.75) is 85.6 Å². The molecule has 1 aliphatic carbocycles. The summed E-state index contributed by atoms with van der Waals surface area (Å²) in [7, 11) is 0. The van der Waals surface area contributed by atoms with E-state index in [2.05, 4.69) is 150 Å². The Hall–Kier alpha value is -4.08. The van der Waals surface area contributed by atoms with E-state index in [1.54, 1.807) is 0 Å². The number of fused-ring (bicyclic) bond motifs is 7. The lowest BCUT2D eigenvalue weighted by Gasteiger charge is -2.37. The molecule has 1 fully saturated rings. The van der Waals surface area contributed by atoms with E-state index in [0.717, 1.165) is 13.0 Å². The molecule has 2 unspecified atom stereocenters. The van der Waals surface area contributed by atoms with E-state index in [-0.39, 0.29) is 11.6 Å². The monoisotopic (exact) mass is 614 g/mol. The van der Waals surface area contributed by atoms with Crippen molar-refractivity contribution in [3.63, 3.8) is 0 Å². The summed E-state index contributed by atoms with van der Waals surface area (Å²) in [4.78, 5) is 0. The second-order valence-corrected chi connectivity index (χ2v) is 15.3. The van der Waals surface area contributed by atoms with Gasteiger partial charge in [-0.3, -0.25) is 5.32 Å². The summed E-state index contributed by atoms with van der Waals surface area (Å²) in [5, 5.41) is 6.91. The fourth-order valence-corrected chi connectivity index (χ4v) is 10.0. The maximum atomic E-state index is 4.18. The summed E-state index contributed by atoms with van der Waals surface area (Å²) < 4.78 is 2.69. The zero-order valence-corrected chi connectivity index (χ0v) is 29.4. The molecule has 0 amide bonds. The highest BCUT2D eigenvalue weighted by Crippen LogP contribution is 2.53. The molecule has 1 N–H and O–H groups in total. The van der Waals surface area contributed by atoms with Crippen molar-refractivity contribution in [1.29, 1.82) is 0 Å². The van der Waals surface area contributed by atoms with Crippen LogP contribution in [0.1, 0.15) is 77.4 Å². The molecule has 5 aromatic carbocycles. The number of rotatable bonds is 4. The average molecular weight is 615 g/mol. The van der Waals surface area contributed by atoms with E-state index in [9.17, 15) is 0 Å². The van der Waals surface area contributed by atoms with E-state index in [1.807, 2.05) is 0 Å². The van der Waals surface area contributed by atoms with Crippen LogP contribution in [0.25, 0.3) is 32.9 Å². The van der Waals surface area contributed by atoms with Crippen LogP contribution in [0, 0.1) is 41.5 Å². The molecule has 236 valence electrons. The molecule has 0 bridgehead atoms. The highest BCUT2D eigenvalue weighted by atomic mass is 15.2. The van der Waals surface area contributed by atoms with Crippen molar-refractivity contribution < 1.29 is 0 Å². The lowest BCUT2D eigenvalue weighted by molar-refractivity contribution is 0.332. The van der Waals surface area contributed by atoms with Crippen LogP contribution in [0.4, 0.5) is 0 Å². The molecule has 1 aliphatic heterocycles. The van der Waals surface area contributed by atoms with Crippen molar-refractivity contribution in [3.05, 3.63) is 129 Å². The van der Waals surface area contributed by atoms with Crippen LogP contribution >= 0.6 is 0 Å². The van der Waals surface area contributed by atoms with Crippen LogP contribution in [0.3, 0.4) is 0 Å². The largest absolute Gasteiger partial charge is 0.324 e. The summed E-state index contributed by atoms with van der Waals surface area (Å²) in [6.07, 6.45) is 2.51. The summed E-state index contributed by atoms with van der Waals surface area (Å²) in [5.74, 6) is 0.506. The van der Waals surface area contributed by atoms with Crippen molar-refractivity contribution in [2.75, 3.05) is 6.54 Å². The van der Waals surface area contributed by atoms with Gasteiger partial charge in [0, 0.05) is 16.2 Å². The number of nitrogens with one attached hydrogen (secondary N) is 1. The Balaban J connectivity index is 1.25. The van der Waals surface area contributed by atoms with Gasteiger partial charge in [-0.2, -0.15) is 0 Å². The molecule has 3 heteroatoms. The Labute approximate surface area is 281 Å². The van der Waals surface area contributed by atoms with E-state index in [1.165, 1.54) is 94.8 Å². The number of piperidine rings is 1. The predicted octanol–water partition coefficient (Wildman–Crippen LogP) is 9.51. The molecule has 0 spiro atoms. The third-order valence-electron chi connectivity index (χ3n) is 11.7. The number of aromatic nitrogens is 1. The van der Waals surface area contributed by atoms with Crippen molar-refractivity contribution in [3.8, 4) is 11.1 Å². The first kappa shape index (κ1) is 30.3. The maximum absolute atomic E-state index is 4.18. The smallest absolute Gasteiger partial charge is 0.215 e. The fourth-order valence-electron chi connectivity index (χ4n) is 10.0. The molecule has 8 rings (SSSR count). The molecule has 0 radical (unpaired) electrons. The van der Waals surface area contributed by atoms with E-state index < -0.39 is 0 Å². The quantitative estimate of drug-likeness (QED) is 0.196. The molecular formula is C44H47BN2. The minimum absolute atomic E-state index is 0.0686. The molecule has 1 aromatic heterocycles. The first-order valence-electron chi connectivity index (χ1n) is 17.6. The second-order valence-electron chi connectivity index (χ2n) is 15.3. The first-order chi connectivity index (χ1) is 22.6. The van der Waals surface area contributed by atoms with Gasteiger partial charge in [-0.05, 0) is 88.6 Å². The molecule has 2 atom stereocenters. The summed E-state index contributed by atoms with van der Waals surface area (Å²) in [6, 6.07) is 32.5. The van der Waals surface area contributed by atoms with Gasteiger partial charge < -0.3 is 4.57 Å². The Kier molecular flexibility index (Phi) is 7.08. The highest BCUT2D eigenvalue weighted by Gasteiger charge is 2.40. The molecule has 2 aliphatic rings. The number of hydrogen-bond donors (Lipinski definition) is 1. The topological polar surface area (TPSA) is 17.0 Å². The Bertz CT molecular complexity index is 2110. The van der Waals surface area contributed by atoms with Gasteiger partial charge >= 0.3 is 0 Å². The van der Waals surface area contributed by atoms with E-state index >= 15 is 0 Å². The predicted molar refractivity (Wildman–Crippen MR) is 203 cm³/mol. The molecule has 2 heterocycles. The third kappa shape index (κ3) is 4.57. The molecule has 47 heavy (non-hydrogen) atoms. The van der Waals surface area contributed by atoms with Crippen molar-refractivity contribution >= 4 is 39.4 Å². The number of hydrogen-bond acceptors (Lipinski definition) is 1. The lowest BCUT2D eigenvalue weighted by atomic mass is 9.30. The first-order valence-corrected chi connectivity index (χ1v) is 17.6. The second kappa shape index (κ2) is 11.0. The summed E-state index contributed by atoms with van der Waals surface area (Å²) in [6.45, 7) is 20.0. The van der Waals surface area contributed by atoms with Gasteiger partial charge in [-0.15, -0.1) is 0 Å². The highest BCUT2D eigenvalue weighted by molar-refractivity contribution is 6.87. The SMILES string of the molecule is Cc1cc(C)c(B(c2c(C)cc(C)cc2C)C2CCC(n3c4ccccc4c4ccc5c(c43)C(C)(C)c3ccccc3-5)NC2)c(C)c1. The third-order valence-corrected chi connectivity index (χ3v) is 11.7. The molecule has 1 saturated heterocycles. The van der Waals surface area contributed by atoms with Gasteiger partial charge in [0.1, 0.15) is 0 Å². The van der Waals surface area contributed by atoms with Crippen LogP contribution in [0.5, 0.6) is 0 Å². The van der Waals surface area contributed by atoms with Gasteiger partial charge in [0.15, 0.2) is 0 Å². The Morgan fingerprint density at radius 2 is 1.26 bits per heavy atom. The zero-order chi connectivity index (χ0) is 32.8.